The summed E-state index contributed by atoms with van der Waals surface area (Å²) in [5.74, 6) is -1.13. The Balaban J connectivity index is 1.61. The minimum atomic E-state index is -1.08. The van der Waals surface area contributed by atoms with Gasteiger partial charge >= 0.3 is 0 Å². The van der Waals surface area contributed by atoms with Gasteiger partial charge in [-0.1, -0.05) is 29.8 Å². The molecule has 0 N–H and O–H groups in total. The third kappa shape index (κ3) is 3.84. The van der Waals surface area contributed by atoms with Crippen molar-refractivity contribution >= 4 is 44.8 Å². The number of anilines is 2. The number of aryl methyl sites for hydroxylation is 1. The molecule has 2 fully saturated rings. The highest BCUT2D eigenvalue weighted by molar-refractivity contribution is 9.10. The van der Waals surface area contributed by atoms with Crippen LogP contribution in [0.3, 0.4) is 0 Å². The van der Waals surface area contributed by atoms with Gasteiger partial charge in [0.05, 0.1) is 33.9 Å². The highest BCUT2D eigenvalue weighted by atomic mass is 79.9. The molecule has 0 unspecified atom stereocenters. The fraction of sp³-hybridized carbons (Fsp3) is 0.200. The number of nitrogens with zero attached hydrogens (tertiary/aromatic N) is 3. The fourth-order valence-electron chi connectivity index (χ4n) is 4.54. The van der Waals surface area contributed by atoms with Crippen molar-refractivity contribution in [3.05, 3.63) is 92.4 Å². The topological polar surface area (TPSA) is 102 Å². The van der Waals surface area contributed by atoms with E-state index in [1.807, 2.05) is 19.1 Å². The maximum atomic E-state index is 13.7. The molecule has 2 heterocycles. The van der Waals surface area contributed by atoms with Crippen molar-refractivity contribution < 1.29 is 24.1 Å². The number of carbonyl (C=O) groups is 2. The lowest BCUT2D eigenvalue weighted by molar-refractivity contribution is -0.384. The standard InChI is InChI=1S/C25H20BrN3O6/c1-14-6-9-16(10-7-14)27-24(30)21-22(15-8-11-20(34-2)19(26)12-15)28(35-23(21)25(27)31)17-4-3-5-18(13-17)29(32)33/h3-13,21-23H,1-2H3/t21-,22+,23+/m1/s1. The Kier molecular flexibility index (Phi) is 5.78. The smallest absolute Gasteiger partial charge is 0.271 e. The van der Waals surface area contributed by atoms with Crippen LogP contribution in [0.15, 0.2) is 71.2 Å². The summed E-state index contributed by atoms with van der Waals surface area (Å²) in [6.45, 7) is 1.92. The highest BCUT2D eigenvalue weighted by Gasteiger charge is 2.60. The van der Waals surface area contributed by atoms with Gasteiger partial charge in [-0.15, -0.1) is 0 Å². The summed E-state index contributed by atoms with van der Waals surface area (Å²) in [5, 5.41) is 12.8. The van der Waals surface area contributed by atoms with E-state index in [9.17, 15) is 19.7 Å². The fourth-order valence-corrected chi connectivity index (χ4v) is 5.09. The summed E-state index contributed by atoms with van der Waals surface area (Å²) in [7, 11) is 1.54. The zero-order valence-corrected chi connectivity index (χ0v) is 20.3. The third-order valence-electron chi connectivity index (χ3n) is 6.22. The number of nitro benzene ring substituents is 1. The molecule has 3 aromatic carbocycles. The van der Waals surface area contributed by atoms with Gasteiger partial charge in [0.25, 0.3) is 11.6 Å². The zero-order valence-electron chi connectivity index (χ0n) is 18.8. The number of nitro groups is 1. The van der Waals surface area contributed by atoms with Crippen molar-refractivity contribution in [2.75, 3.05) is 17.1 Å². The number of ether oxygens (including phenoxy) is 1. The number of methoxy groups -OCH3 is 1. The molecular formula is C25H20BrN3O6. The molecule has 10 heteroatoms. The lowest BCUT2D eigenvalue weighted by Crippen LogP contribution is -2.37. The Hall–Kier alpha value is -3.76. The Morgan fingerprint density at radius 1 is 1.00 bits per heavy atom. The maximum absolute atomic E-state index is 13.7. The van der Waals surface area contributed by atoms with Gasteiger partial charge in [0.15, 0.2) is 6.10 Å². The number of fused-ring (bicyclic) bond motifs is 1. The van der Waals surface area contributed by atoms with Gasteiger partial charge in [-0.05, 0) is 58.7 Å². The monoisotopic (exact) mass is 537 g/mol. The Labute approximate surface area is 209 Å². The first-order valence-corrected chi connectivity index (χ1v) is 11.6. The van der Waals surface area contributed by atoms with E-state index in [4.69, 9.17) is 9.57 Å². The second-order valence-corrected chi connectivity index (χ2v) is 9.20. The minimum absolute atomic E-state index is 0.128. The van der Waals surface area contributed by atoms with Crippen LogP contribution < -0.4 is 14.7 Å². The number of imide groups is 1. The van der Waals surface area contributed by atoms with Crippen LogP contribution >= 0.6 is 15.9 Å². The van der Waals surface area contributed by atoms with Crippen LogP contribution in [0.2, 0.25) is 0 Å². The molecule has 0 saturated carbocycles. The van der Waals surface area contributed by atoms with Crippen LogP contribution in [0, 0.1) is 23.0 Å². The predicted molar refractivity (Wildman–Crippen MR) is 131 cm³/mol. The van der Waals surface area contributed by atoms with Crippen molar-refractivity contribution in [2.24, 2.45) is 5.92 Å². The summed E-state index contributed by atoms with van der Waals surface area (Å²) in [6.07, 6.45) is -1.08. The number of non-ortho nitro benzene ring substituents is 1. The molecule has 35 heavy (non-hydrogen) atoms. The van der Waals surface area contributed by atoms with E-state index in [0.29, 0.717) is 27.2 Å². The molecule has 9 nitrogen and oxygen atoms in total. The molecule has 3 aromatic rings. The summed E-state index contributed by atoms with van der Waals surface area (Å²) in [6, 6.07) is 17.6. The molecular weight excluding hydrogens is 518 g/mol. The highest BCUT2D eigenvalue weighted by Crippen LogP contribution is 2.48. The molecule has 2 saturated heterocycles. The predicted octanol–water partition coefficient (Wildman–Crippen LogP) is 4.73. The van der Waals surface area contributed by atoms with Crippen LogP contribution in [-0.4, -0.2) is 30.0 Å². The Bertz CT molecular complexity index is 1350. The molecule has 0 aromatic heterocycles. The molecule has 178 valence electrons. The van der Waals surface area contributed by atoms with E-state index < -0.39 is 34.8 Å². The molecule has 5 rings (SSSR count). The van der Waals surface area contributed by atoms with E-state index in [2.05, 4.69) is 15.9 Å². The van der Waals surface area contributed by atoms with E-state index in [-0.39, 0.29) is 5.69 Å². The van der Waals surface area contributed by atoms with Crippen LogP contribution in [0.1, 0.15) is 17.2 Å². The van der Waals surface area contributed by atoms with Gasteiger partial charge < -0.3 is 4.74 Å². The minimum Gasteiger partial charge on any atom is -0.496 e. The summed E-state index contributed by atoms with van der Waals surface area (Å²) < 4.78 is 5.99. The normalized spacial score (nSPS) is 21.4. The molecule has 2 amide bonds. The molecule has 2 aliphatic rings. The second kappa shape index (κ2) is 8.79. The number of carbonyl (C=O) groups excluding carboxylic acids is 2. The Morgan fingerprint density at radius 2 is 1.74 bits per heavy atom. The lowest BCUT2D eigenvalue weighted by atomic mass is 9.90. The summed E-state index contributed by atoms with van der Waals surface area (Å²) in [4.78, 5) is 45.2. The van der Waals surface area contributed by atoms with Gasteiger partial charge in [0, 0.05) is 12.1 Å². The summed E-state index contributed by atoms with van der Waals surface area (Å²) >= 11 is 3.48. The van der Waals surface area contributed by atoms with Gasteiger partial charge in [-0.25, -0.2) is 9.96 Å². The molecule has 0 aliphatic carbocycles. The molecule has 3 atom stereocenters. The number of amides is 2. The SMILES string of the molecule is COc1ccc([C@H]2[C@H]3C(=O)N(c4ccc(C)cc4)C(=O)[C@H]3ON2c2cccc([N+](=O)[O-])c2)cc1Br. The third-order valence-corrected chi connectivity index (χ3v) is 6.84. The first kappa shape index (κ1) is 23.0. The number of hydrogen-bond acceptors (Lipinski definition) is 7. The quantitative estimate of drug-likeness (QED) is 0.263. The average molecular weight is 538 g/mol. The van der Waals surface area contributed by atoms with Crippen LogP contribution in [0.5, 0.6) is 5.75 Å². The van der Waals surface area contributed by atoms with Crippen LogP contribution in [0.25, 0.3) is 0 Å². The van der Waals surface area contributed by atoms with Gasteiger partial charge in [-0.3, -0.25) is 24.5 Å². The largest absolute Gasteiger partial charge is 0.496 e. The lowest BCUT2D eigenvalue weighted by Gasteiger charge is -2.29. The number of benzene rings is 3. The zero-order chi connectivity index (χ0) is 24.9. The molecule has 0 radical (unpaired) electrons. The van der Waals surface area contributed by atoms with Crippen molar-refractivity contribution in [3.8, 4) is 5.75 Å². The first-order valence-electron chi connectivity index (χ1n) is 10.8. The van der Waals surface area contributed by atoms with Crippen LogP contribution in [-0.2, 0) is 14.4 Å². The van der Waals surface area contributed by atoms with Gasteiger partial charge in [0.1, 0.15) is 11.7 Å². The first-order chi connectivity index (χ1) is 16.8. The van der Waals surface area contributed by atoms with Crippen molar-refractivity contribution in [3.63, 3.8) is 0 Å². The van der Waals surface area contributed by atoms with E-state index in [1.54, 1.807) is 43.5 Å². The van der Waals surface area contributed by atoms with Crippen molar-refractivity contribution in [1.29, 1.82) is 0 Å². The van der Waals surface area contributed by atoms with E-state index in [0.717, 1.165) is 10.5 Å². The van der Waals surface area contributed by atoms with E-state index >= 15 is 0 Å². The molecule has 2 aliphatic heterocycles. The molecule has 0 spiro atoms. The average Bonchev–Trinajstić information content (AvgIpc) is 3.36. The number of rotatable bonds is 5. The van der Waals surface area contributed by atoms with Crippen molar-refractivity contribution in [1.82, 2.24) is 0 Å². The second-order valence-electron chi connectivity index (χ2n) is 8.34. The summed E-state index contributed by atoms with van der Waals surface area (Å²) in [5.41, 5.74) is 2.40. The van der Waals surface area contributed by atoms with Crippen LogP contribution in [0.4, 0.5) is 17.1 Å². The molecule has 0 bridgehead atoms. The number of hydrogen-bond donors (Lipinski definition) is 0. The van der Waals surface area contributed by atoms with Crippen molar-refractivity contribution in [2.45, 2.75) is 19.1 Å². The Morgan fingerprint density at radius 3 is 2.40 bits per heavy atom. The van der Waals surface area contributed by atoms with Gasteiger partial charge in [-0.2, -0.15) is 0 Å². The number of halogens is 1. The van der Waals surface area contributed by atoms with Gasteiger partial charge in [0.2, 0.25) is 5.91 Å². The number of hydroxylamine groups is 1. The van der Waals surface area contributed by atoms with E-state index in [1.165, 1.54) is 23.3 Å². The maximum Gasteiger partial charge on any atom is 0.271 e.